The van der Waals surface area contributed by atoms with E-state index in [1.54, 1.807) is 0 Å². The highest BCUT2D eigenvalue weighted by Crippen LogP contribution is 2.08. The van der Waals surface area contributed by atoms with Crippen molar-refractivity contribution in [2.45, 2.75) is 45.5 Å². The summed E-state index contributed by atoms with van der Waals surface area (Å²) in [6.07, 6.45) is 1.10. The highest BCUT2D eigenvalue weighted by atomic mass is 16.3. The molecular weight excluding hydrogens is 296 g/mol. The van der Waals surface area contributed by atoms with Crippen molar-refractivity contribution in [3.63, 3.8) is 0 Å². The molecule has 3 N–H and O–H groups in total. The summed E-state index contributed by atoms with van der Waals surface area (Å²) in [7, 11) is 0. The number of aliphatic hydroxyl groups is 1. The van der Waals surface area contributed by atoms with Crippen molar-refractivity contribution < 1.29 is 5.11 Å². The summed E-state index contributed by atoms with van der Waals surface area (Å²) in [5, 5.41) is 17.6. The van der Waals surface area contributed by atoms with E-state index in [9.17, 15) is 5.11 Å². The van der Waals surface area contributed by atoms with Crippen LogP contribution in [0.3, 0.4) is 0 Å². The summed E-state index contributed by atoms with van der Waals surface area (Å²) in [6.45, 7) is 5.99. The van der Waals surface area contributed by atoms with Gasteiger partial charge in [-0.2, -0.15) is 0 Å². The van der Waals surface area contributed by atoms with Crippen LogP contribution in [-0.2, 0) is 13.0 Å². The maximum atomic E-state index is 10.6. The Kier molecular flexibility index (Phi) is 7.96. The monoisotopic (exact) mass is 326 g/mol. The minimum absolute atomic E-state index is 0.101. The van der Waals surface area contributed by atoms with E-state index in [1.165, 1.54) is 11.1 Å². The lowest BCUT2D eigenvalue weighted by molar-refractivity contribution is 0.0995. The van der Waals surface area contributed by atoms with Crippen LogP contribution in [0.2, 0.25) is 0 Å². The lowest BCUT2D eigenvalue weighted by atomic mass is 10.0. The summed E-state index contributed by atoms with van der Waals surface area (Å²) < 4.78 is 0. The SMILES string of the molecule is CC(C)CNC(NCc1ccccc1)[C@H](O)CCc1ccccc1. The molecule has 0 radical (unpaired) electrons. The molecule has 1 unspecified atom stereocenters. The summed E-state index contributed by atoms with van der Waals surface area (Å²) in [4.78, 5) is 0. The Hall–Kier alpha value is -1.68. The molecule has 0 bridgehead atoms. The van der Waals surface area contributed by atoms with E-state index in [4.69, 9.17) is 0 Å². The average molecular weight is 326 g/mol. The van der Waals surface area contributed by atoms with Gasteiger partial charge in [-0.05, 0) is 36.4 Å². The van der Waals surface area contributed by atoms with E-state index in [2.05, 4.69) is 48.7 Å². The minimum Gasteiger partial charge on any atom is -0.390 e. The van der Waals surface area contributed by atoms with Gasteiger partial charge in [-0.25, -0.2) is 0 Å². The van der Waals surface area contributed by atoms with Crippen molar-refractivity contribution in [3.05, 3.63) is 71.8 Å². The number of rotatable bonds is 10. The third-order valence-electron chi connectivity index (χ3n) is 4.07. The van der Waals surface area contributed by atoms with Crippen LogP contribution < -0.4 is 10.6 Å². The Morgan fingerprint density at radius 2 is 1.42 bits per heavy atom. The van der Waals surface area contributed by atoms with E-state index < -0.39 is 6.10 Å². The summed E-state index contributed by atoms with van der Waals surface area (Å²) >= 11 is 0. The lowest BCUT2D eigenvalue weighted by Gasteiger charge is -2.26. The number of aryl methyl sites for hydroxylation is 1. The summed E-state index contributed by atoms with van der Waals surface area (Å²) in [5.74, 6) is 0.548. The topological polar surface area (TPSA) is 44.3 Å². The van der Waals surface area contributed by atoms with Gasteiger partial charge in [0.2, 0.25) is 0 Å². The Labute approximate surface area is 146 Å². The molecule has 0 amide bonds. The van der Waals surface area contributed by atoms with Crippen molar-refractivity contribution >= 4 is 0 Å². The fraction of sp³-hybridized carbons (Fsp3) is 0.429. The standard InChI is InChI=1S/C21H30N2O/c1-17(2)15-22-21(23-16-19-11-7-4-8-12-19)20(24)14-13-18-9-5-3-6-10-18/h3-12,17,20-24H,13-16H2,1-2H3/t20-,21?/m1/s1. The second-order valence-electron chi connectivity index (χ2n) is 6.74. The first-order valence-electron chi connectivity index (χ1n) is 8.88. The van der Waals surface area contributed by atoms with Crippen LogP contribution in [0.4, 0.5) is 0 Å². The maximum absolute atomic E-state index is 10.6. The first-order valence-corrected chi connectivity index (χ1v) is 8.88. The largest absolute Gasteiger partial charge is 0.390 e. The number of benzene rings is 2. The van der Waals surface area contributed by atoms with Gasteiger partial charge >= 0.3 is 0 Å². The van der Waals surface area contributed by atoms with Gasteiger partial charge < -0.3 is 5.11 Å². The van der Waals surface area contributed by atoms with Crippen molar-refractivity contribution in [1.82, 2.24) is 10.6 Å². The Morgan fingerprint density at radius 1 is 0.833 bits per heavy atom. The molecule has 0 aliphatic heterocycles. The Balaban J connectivity index is 1.88. The summed E-state index contributed by atoms with van der Waals surface area (Å²) in [5.41, 5.74) is 2.49. The quantitative estimate of drug-likeness (QED) is 0.587. The van der Waals surface area contributed by atoms with Crippen molar-refractivity contribution in [3.8, 4) is 0 Å². The van der Waals surface area contributed by atoms with E-state index in [1.807, 2.05) is 36.4 Å². The zero-order chi connectivity index (χ0) is 17.2. The van der Waals surface area contributed by atoms with E-state index in [0.29, 0.717) is 5.92 Å². The van der Waals surface area contributed by atoms with Gasteiger partial charge in [0, 0.05) is 6.54 Å². The summed E-state index contributed by atoms with van der Waals surface area (Å²) in [6, 6.07) is 20.6. The van der Waals surface area contributed by atoms with E-state index in [-0.39, 0.29) is 6.17 Å². The van der Waals surface area contributed by atoms with Crippen LogP contribution in [0, 0.1) is 5.92 Å². The lowest BCUT2D eigenvalue weighted by Crippen LogP contribution is -2.51. The second-order valence-corrected chi connectivity index (χ2v) is 6.74. The Bertz CT molecular complexity index is 557. The predicted octanol–water partition coefficient (Wildman–Crippen LogP) is 3.34. The van der Waals surface area contributed by atoms with Crippen LogP contribution >= 0.6 is 0 Å². The highest BCUT2D eigenvalue weighted by molar-refractivity contribution is 5.15. The normalized spacial score (nSPS) is 13.8. The van der Waals surface area contributed by atoms with Crippen LogP contribution in [0.1, 0.15) is 31.4 Å². The zero-order valence-corrected chi connectivity index (χ0v) is 14.8. The Morgan fingerprint density at radius 3 is 2.00 bits per heavy atom. The third kappa shape index (κ3) is 6.83. The molecule has 2 atom stereocenters. The molecule has 0 heterocycles. The molecule has 2 aromatic rings. The van der Waals surface area contributed by atoms with Gasteiger partial charge in [0.25, 0.3) is 0 Å². The maximum Gasteiger partial charge on any atom is 0.0842 e. The van der Waals surface area contributed by atoms with Crippen molar-refractivity contribution in [1.29, 1.82) is 0 Å². The molecule has 3 heteroatoms. The van der Waals surface area contributed by atoms with Crippen LogP contribution in [-0.4, -0.2) is 23.9 Å². The molecule has 0 aliphatic carbocycles. The number of aliphatic hydroxyl groups excluding tert-OH is 1. The van der Waals surface area contributed by atoms with Crippen molar-refractivity contribution in [2.75, 3.05) is 6.54 Å². The zero-order valence-electron chi connectivity index (χ0n) is 14.8. The fourth-order valence-electron chi connectivity index (χ4n) is 2.66. The molecule has 0 spiro atoms. The molecule has 130 valence electrons. The van der Waals surface area contributed by atoms with E-state index in [0.717, 1.165) is 25.9 Å². The molecule has 0 saturated carbocycles. The fourth-order valence-corrected chi connectivity index (χ4v) is 2.66. The molecule has 2 rings (SSSR count). The third-order valence-corrected chi connectivity index (χ3v) is 4.07. The first-order chi connectivity index (χ1) is 11.6. The van der Waals surface area contributed by atoms with Gasteiger partial charge in [-0.3, -0.25) is 10.6 Å². The molecule has 0 saturated heterocycles. The molecule has 3 nitrogen and oxygen atoms in total. The predicted molar refractivity (Wildman–Crippen MR) is 101 cm³/mol. The van der Waals surface area contributed by atoms with Gasteiger partial charge in [0.15, 0.2) is 0 Å². The van der Waals surface area contributed by atoms with Gasteiger partial charge in [-0.1, -0.05) is 74.5 Å². The smallest absolute Gasteiger partial charge is 0.0842 e. The van der Waals surface area contributed by atoms with Crippen molar-refractivity contribution in [2.24, 2.45) is 5.92 Å². The molecule has 2 aromatic carbocycles. The number of nitrogens with one attached hydrogen (secondary N) is 2. The van der Waals surface area contributed by atoms with Crippen LogP contribution in [0.25, 0.3) is 0 Å². The van der Waals surface area contributed by atoms with Crippen LogP contribution in [0.5, 0.6) is 0 Å². The molecular formula is C21H30N2O. The average Bonchev–Trinajstić information content (AvgIpc) is 2.61. The van der Waals surface area contributed by atoms with Gasteiger partial charge in [0.1, 0.15) is 0 Å². The van der Waals surface area contributed by atoms with Gasteiger partial charge in [-0.15, -0.1) is 0 Å². The second kappa shape index (κ2) is 10.2. The van der Waals surface area contributed by atoms with Crippen LogP contribution in [0.15, 0.2) is 60.7 Å². The molecule has 0 aromatic heterocycles. The minimum atomic E-state index is -0.423. The molecule has 24 heavy (non-hydrogen) atoms. The number of hydrogen-bond donors (Lipinski definition) is 3. The van der Waals surface area contributed by atoms with E-state index >= 15 is 0 Å². The first kappa shape index (κ1) is 18.7. The molecule has 0 fully saturated rings. The van der Waals surface area contributed by atoms with Gasteiger partial charge in [0.05, 0.1) is 12.3 Å². The highest BCUT2D eigenvalue weighted by Gasteiger charge is 2.18. The molecule has 0 aliphatic rings. The number of hydrogen-bond acceptors (Lipinski definition) is 3.